The Morgan fingerprint density at radius 1 is 1.14 bits per heavy atom. The van der Waals surface area contributed by atoms with Crippen molar-refractivity contribution in [2.24, 2.45) is 0 Å². The summed E-state index contributed by atoms with van der Waals surface area (Å²) in [5.41, 5.74) is 0.260. The van der Waals surface area contributed by atoms with Gasteiger partial charge < -0.3 is 5.32 Å². The van der Waals surface area contributed by atoms with Gasteiger partial charge in [-0.2, -0.15) is 0 Å². The number of rotatable bonds is 1. The topological polar surface area (TPSA) is 41.1 Å². The van der Waals surface area contributed by atoms with Gasteiger partial charge in [0.05, 0.1) is 15.7 Å². The fraction of sp³-hybridized carbons (Fsp3) is 0. The van der Waals surface area contributed by atoms with Crippen LogP contribution in [0.2, 0.25) is 15.1 Å². The number of carbonyl (C=O) groups excluding carboxylic acids is 1. The second-order valence-corrected chi connectivity index (χ2v) is 3.73. The van der Waals surface area contributed by atoms with Crippen LogP contribution in [0.4, 0.5) is 10.5 Å². The van der Waals surface area contributed by atoms with Crippen LogP contribution >= 0.6 is 46.6 Å². The van der Waals surface area contributed by atoms with Crippen molar-refractivity contribution >= 4 is 58.3 Å². The standard InChI is InChI=1S/C7H4Cl4N2O/c8-3-1-4(9)6(5(10)2-3)12-7(14)13-11/h1-2H,(H2,12,13,14). The minimum Gasteiger partial charge on any atom is -0.304 e. The fourth-order valence-electron chi connectivity index (χ4n) is 0.799. The van der Waals surface area contributed by atoms with Gasteiger partial charge in [0.1, 0.15) is 0 Å². The molecule has 0 saturated heterocycles. The summed E-state index contributed by atoms with van der Waals surface area (Å²) in [7, 11) is 0. The molecule has 14 heavy (non-hydrogen) atoms. The lowest BCUT2D eigenvalue weighted by Gasteiger charge is -2.08. The lowest BCUT2D eigenvalue weighted by Crippen LogP contribution is -2.20. The molecule has 2 N–H and O–H groups in total. The Bertz CT molecular complexity index is 346. The third kappa shape index (κ3) is 2.82. The quantitative estimate of drug-likeness (QED) is 0.748. The zero-order valence-corrected chi connectivity index (χ0v) is 9.60. The first-order chi connectivity index (χ1) is 6.54. The van der Waals surface area contributed by atoms with Crippen LogP contribution in [-0.2, 0) is 0 Å². The van der Waals surface area contributed by atoms with Crippen molar-refractivity contribution < 1.29 is 4.79 Å². The number of amides is 2. The van der Waals surface area contributed by atoms with Crippen LogP contribution in [0.3, 0.4) is 0 Å². The van der Waals surface area contributed by atoms with E-state index in [2.05, 4.69) is 5.32 Å². The minimum absolute atomic E-state index is 0.239. The van der Waals surface area contributed by atoms with Crippen LogP contribution in [0.15, 0.2) is 12.1 Å². The van der Waals surface area contributed by atoms with Crippen LogP contribution in [-0.4, -0.2) is 6.03 Å². The van der Waals surface area contributed by atoms with Crippen LogP contribution in [0.25, 0.3) is 0 Å². The molecule has 1 aromatic carbocycles. The monoisotopic (exact) mass is 272 g/mol. The molecule has 3 nitrogen and oxygen atoms in total. The Morgan fingerprint density at radius 3 is 2.07 bits per heavy atom. The van der Waals surface area contributed by atoms with E-state index in [9.17, 15) is 4.79 Å². The smallest absolute Gasteiger partial charge is 0.304 e. The zero-order valence-electron chi connectivity index (χ0n) is 6.57. The number of benzene rings is 1. The zero-order chi connectivity index (χ0) is 10.7. The van der Waals surface area contributed by atoms with Crippen LogP contribution in [0.1, 0.15) is 0 Å². The highest BCUT2D eigenvalue weighted by Gasteiger charge is 2.10. The van der Waals surface area contributed by atoms with Gasteiger partial charge in [-0.1, -0.05) is 34.8 Å². The van der Waals surface area contributed by atoms with E-state index < -0.39 is 6.03 Å². The molecule has 0 aromatic heterocycles. The molecular formula is C7H4Cl4N2O. The lowest BCUT2D eigenvalue weighted by atomic mass is 10.3. The lowest BCUT2D eigenvalue weighted by molar-refractivity contribution is 0.257. The first-order valence-corrected chi connectivity index (χ1v) is 4.88. The third-order valence-electron chi connectivity index (χ3n) is 1.33. The number of urea groups is 1. The highest BCUT2D eigenvalue weighted by Crippen LogP contribution is 2.33. The second kappa shape index (κ2) is 4.94. The normalized spacial score (nSPS) is 9.71. The Morgan fingerprint density at radius 2 is 1.64 bits per heavy atom. The number of hydrogen-bond donors (Lipinski definition) is 2. The molecule has 0 unspecified atom stereocenters. The summed E-state index contributed by atoms with van der Waals surface area (Å²) < 4.78 is 0. The van der Waals surface area contributed by atoms with E-state index in [1.54, 1.807) is 0 Å². The average Bonchev–Trinajstić information content (AvgIpc) is 2.10. The third-order valence-corrected chi connectivity index (χ3v) is 2.32. The predicted octanol–water partition coefficient (Wildman–Crippen LogP) is 3.92. The maximum absolute atomic E-state index is 10.9. The number of anilines is 1. The van der Waals surface area contributed by atoms with E-state index in [-0.39, 0.29) is 15.7 Å². The molecule has 0 saturated carbocycles. The van der Waals surface area contributed by atoms with Crippen molar-refractivity contribution in [2.75, 3.05) is 5.32 Å². The molecule has 1 rings (SSSR count). The van der Waals surface area contributed by atoms with Crippen molar-refractivity contribution in [3.63, 3.8) is 0 Å². The van der Waals surface area contributed by atoms with Gasteiger partial charge in [0.15, 0.2) is 0 Å². The summed E-state index contributed by atoms with van der Waals surface area (Å²) in [4.78, 5) is 12.7. The highest BCUT2D eigenvalue weighted by atomic mass is 35.5. The average molecular weight is 274 g/mol. The fourth-order valence-corrected chi connectivity index (χ4v) is 1.76. The van der Waals surface area contributed by atoms with Crippen LogP contribution < -0.4 is 10.2 Å². The molecular weight excluding hydrogens is 270 g/mol. The largest absolute Gasteiger partial charge is 0.333 e. The molecule has 1 aromatic rings. The van der Waals surface area contributed by atoms with E-state index in [4.69, 9.17) is 46.6 Å². The van der Waals surface area contributed by atoms with Gasteiger partial charge in [-0.15, -0.1) is 0 Å². The predicted molar refractivity (Wildman–Crippen MR) is 59.5 cm³/mol. The number of carbonyl (C=O) groups is 1. The van der Waals surface area contributed by atoms with Crippen molar-refractivity contribution in [3.05, 3.63) is 27.2 Å². The Kier molecular flexibility index (Phi) is 4.13. The van der Waals surface area contributed by atoms with E-state index in [1.807, 2.05) is 4.84 Å². The molecule has 0 aliphatic heterocycles. The summed E-state index contributed by atoms with van der Waals surface area (Å²) in [6, 6.07) is 2.29. The number of nitrogens with one attached hydrogen (secondary N) is 2. The van der Waals surface area contributed by atoms with E-state index in [0.29, 0.717) is 5.02 Å². The Labute approximate surface area is 100 Å². The van der Waals surface area contributed by atoms with Crippen molar-refractivity contribution in [1.82, 2.24) is 4.84 Å². The van der Waals surface area contributed by atoms with Crippen LogP contribution in [0.5, 0.6) is 0 Å². The SMILES string of the molecule is O=C(NCl)Nc1c(Cl)cc(Cl)cc1Cl. The molecule has 0 spiro atoms. The second-order valence-electron chi connectivity index (χ2n) is 2.29. The Balaban J connectivity index is 3.02. The molecule has 0 bridgehead atoms. The summed E-state index contributed by atoms with van der Waals surface area (Å²) in [5, 5.41) is 3.21. The summed E-state index contributed by atoms with van der Waals surface area (Å²) in [5.74, 6) is 0. The summed E-state index contributed by atoms with van der Waals surface area (Å²) in [6.45, 7) is 0. The van der Waals surface area contributed by atoms with E-state index >= 15 is 0 Å². The Hall–Kier alpha value is -0.350. The molecule has 0 aliphatic carbocycles. The van der Waals surface area contributed by atoms with E-state index in [0.717, 1.165) is 0 Å². The van der Waals surface area contributed by atoms with Gasteiger partial charge in [-0.05, 0) is 12.1 Å². The minimum atomic E-state index is -0.627. The molecule has 0 aliphatic rings. The molecule has 0 heterocycles. The number of hydrogen-bond acceptors (Lipinski definition) is 1. The van der Waals surface area contributed by atoms with Gasteiger partial charge in [0.2, 0.25) is 0 Å². The first-order valence-electron chi connectivity index (χ1n) is 3.36. The molecule has 2 amide bonds. The van der Waals surface area contributed by atoms with Crippen molar-refractivity contribution in [1.29, 1.82) is 0 Å². The summed E-state index contributed by atoms with van der Waals surface area (Å²) in [6.07, 6.45) is 0. The van der Waals surface area contributed by atoms with Gasteiger partial charge >= 0.3 is 6.03 Å². The maximum Gasteiger partial charge on any atom is 0.333 e. The van der Waals surface area contributed by atoms with Crippen molar-refractivity contribution in [2.45, 2.75) is 0 Å². The highest BCUT2D eigenvalue weighted by molar-refractivity contribution is 6.42. The first kappa shape index (κ1) is 11.7. The van der Waals surface area contributed by atoms with Gasteiger partial charge in [0.25, 0.3) is 0 Å². The van der Waals surface area contributed by atoms with Crippen LogP contribution in [0, 0.1) is 0 Å². The molecule has 0 atom stereocenters. The van der Waals surface area contributed by atoms with Gasteiger partial charge in [-0.3, -0.25) is 0 Å². The summed E-state index contributed by atoms with van der Waals surface area (Å²) >= 11 is 22.3. The van der Waals surface area contributed by atoms with Gasteiger partial charge in [-0.25, -0.2) is 9.63 Å². The molecule has 7 heteroatoms. The molecule has 0 fully saturated rings. The van der Waals surface area contributed by atoms with E-state index in [1.165, 1.54) is 12.1 Å². The maximum atomic E-state index is 10.9. The molecule has 0 radical (unpaired) electrons. The van der Waals surface area contributed by atoms with Crippen molar-refractivity contribution in [3.8, 4) is 0 Å². The van der Waals surface area contributed by atoms with Gasteiger partial charge in [0, 0.05) is 16.8 Å². The molecule has 76 valence electrons. The number of halogens is 4.